The number of hydrogen-bond acceptors (Lipinski definition) is 2. The summed E-state index contributed by atoms with van der Waals surface area (Å²) in [7, 11) is 0. The van der Waals surface area contributed by atoms with E-state index in [9.17, 15) is 0 Å². The average molecular weight is 254 g/mol. The van der Waals surface area contributed by atoms with Crippen LogP contribution in [0, 0.1) is 5.92 Å². The maximum Gasteiger partial charge on any atom is 0.0306 e. The van der Waals surface area contributed by atoms with Crippen molar-refractivity contribution in [3.05, 3.63) is 0 Å². The van der Waals surface area contributed by atoms with Crippen LogP contribution in [0.15, 0.2) is 0 Å². The van der Waals surface area contributed by atoms with E-state index in [1.54, 1.807) is 0 Å². The van der Waals surface area contributed by atoms with Gasteiger partial charge in [-0.1, -0.05) is 46.5 Å². The Morgan fingerprint density at radius 1 is 1.22 bits per heavy atom. The third-order valence-electron chi connectivity index (χ3n) is 4.25. The van der Waals surface area contributed by atoms with Crippen LogP contribution in [0.5, 0.6) is 0 Å². The summed E-state index contributed by atoms with van der Waals surface area (Å²) in [6, 6.07) is 0.826. The first-order valence-electron chi connectivity index (χ1n) is 8.00. The van der Waals surface area contributed by atoms with Crippen LogP contribution in [0.25, 0.3) is 0 Å². The first-order chi connectivity index (χ1) is 8.53. The Hall–Kier alpha value is -0.0800. The van der Waals surface area contributed by atoms with Crippen molar-refractivity contribution >= 4 is 0 Å². The van der Waals surface area contributed by atoms with Gasteiger partial charge in [-0.3, -0.25) is 4.90 Å². The van der Waals surface area contributed by atoms with Gasteiger partial charge in [-0.2, -0.15) is 0 Å². The van der Waals surface area contributed by atoms with Gasteiger partial charge in [0.15, 0.2) is 0 Å². The number of nitrogens with two attached hydrogens (primary N) is 1. The predicted molar refractivity (Wildman–Crippen MR) is 80.8 cm³/mol. The summed E-state index contributed by atoms with van der Waals surface area (Å²) in [6.45, 7) is 11.3. The first-order valence-corrected chi connectivity index (χ1v) is 8.00. The van der Waals surface area contributed by atoms with E-state index in [1.807, 2.05) is 0 Å². The minimum Gasteiger partial charge on any atom is -0.329 e. The number of rotatable bonds is 10. The number of nitrogens with zero attached hydrogens (tertiary/aromatic N) is 1. The molecule has 0 aromatic rings. The van der Waals surface area contributed by atoms with Gasteiger partial charge in [-0.05, 0) is 32.1 Å². The molecule has 1 aliphatic carbocycles. The van der Waals surface area contributed by atoms with Crippen LogP contribution in [0.1, 0.15) is 72.6 Å². The van der Waals surface area contributed by atoms with Gasteiger partial charge in [0, 0.05) is 24.7 Å². The van der Waals surface area contributed by atoms with Crippen molar-refractivity contribution in [3.63, 3.8) is 0 Å². The third kappa shape index (κ3) is 4.89. The monoisotopic (exact) mass is 254 g/mol. The highest BCUT2D eigenvalue weighted by Crippen LogP contribution is 2.35. The van der Waals surface area contributed by atoms with E-state index in [2.05, 4.69) is 32.6 Å². The highest BCUT2D eigenvalue weighted by molar-refractivity contribution is 4.96. The maximum atomic E-state index is 6.12. The Balaban J connectivity index is 2.51. The molecule has 0 aromatic heterocycles. The van der Waals surface area contributed by atoms with Gasteiger partial charge in [-0.25, -0.2) is 0 Å². The van der Waals surface area contributed by atoms with Gasteiger partial charge in [0.1, 0.15) is 0 Å². The molecular formula is C16H34N2. The largest absolute Gasteiger partial charge is 0.329 e. The lowest BCUT2D eigenvalue weighted by atomic mass is 9.90. The zero-order valence-corrected chi connectivity index (χ0v) is 13.0. The first kappa shape index (κ1) is 16.0. The molecule has 0 saturated heterocycles. The molecular weight excluding hydrogens is 220 g/mol. The molecule has 1 fully saturated rings. The van der Waals surface area contributed by atoms with Crippen molar-refractivity contribution in [1.29, 1.82) is 0 Å². The topological polar surface area (TPSA) is 29.3 Å². The highest BCUT2D eigenvalue weighted by Gasteiger charge is 2.40. The van der Waals surface area contributed by atoms with E-state index in [4.69, 9.17) is 5.73 Å². The molecule has 2 nitrogen and oxygen atoms in total. The smallest absolute Gasteiger partial charge is 0.0306 e. The summed E-state index contributed by atoms with van der Waals surface area (Å²) in [6.07, 6.45) is 9.43. The van der Waals surface area contributed by atoms with Crippen LogP contribution >= 0.6 is 0 Å². The molecule has 0 heterocycles. The molecule has 1 atom stereocenters. The van der Waals surface area contributed by atoms with Gasteiger partial charge >= 0.3 is 0 Å². The standard InChI is InChI=1S/C16H34N2/c1-5-6-7-8-11-16(4,13-17)18(12-14(2)3)15-9-10-15/h14-15H,5-13,17H2,1-4H3. The normalized spacial score (nSPS) is 19.5. The molecule has 0 radical (unpaired) electrons. The van der Waals surface area contributed by atoms with Crippen molar-refractivity contribution in [1.82, 2.24) is 4.90 Å². The lowest BCUT2D eigenvalue weighted by molar-refractivity contribution is 0.0762. The molecule has 2 heteroatoms. The van der Waals surface area contributed by atoms with Crippen LogP contribution < -0.4 is 5.73 Å². The van der Waals surface area contributed by atoms with Gasteiger partial charge < -0.3 is 5.73 Å². The molecule has 1 rings (SSSR count). The molecule has 108 valence electrons. The average Bonchev–Trinajstić information content (AvgIpc) is 3.15. The van der Waals surface area contributed by atoms with E-state index in [0.717, 1.165) is 18.5 Å². The van der Waals surface area contributed by atoms with Crippen LogP contribution in [-0.4, -0.2) is 29.6 Å². The summed E-state index contributed by atoms with van der Waals surface area (Å²) in [4.78, 5) is 2.73. The second-order valence-electron chi connectivity index (χ2n) is 6.79. The summed E-state index contributed by atoms with van der Waals surface area (Å²) in [5, 5.41) is 0. The number of unbranched alkanes of at least 4 members (excludes halogenated alkanes) is 3. The Kier molecular flexibility index (Phi) is 6.65. The molecule has 0 amide bonds. The Morgan fingerprint density at radius 3 is 2.33 bits per heavy atom. The lowest BCUT2D eigenvalue weighted by Crippen LogP contribution is -2.54. The fourth-order valence-electron chi connectivity index (χ4n) is 2.89. The van der Waals surface area contributed by atoms with Crippen LogP contribution in [0.2, 0.25) is 0 Å². The van der Waals surface area contributed by atoms with Crippen LogP contribution in [-0.2, 0) is 0 Å². The van der Waals surface area contributed by atoms with Crippen LogP contribution in [0.4, 0.5) is 0 Å². The molecule has 0 spiro atoms. The fraction of sp³-hybridized carbons (Fsp3) is 1.00. The second-order valence-corrected chi connectivity index (χ2v) is 6.79. The van der Waals surface area contributed by atoms with E-state index < -0.39 is 0 Å². The molecule has 1 saturated carbocycles. The SMILES string of the molecule is CCCCCCC(C)(CN)N(CC(C)C)C1CC1. The van der Waals surface area contributed by atoms with Crippen molar-refractivity contribution in [2.45, 2.75) is 84.2 Å². The predicted octanol–water partition coefficient (Wildman–Crippen LogP) is 3.79. The van der Waals surface area contributed by atoms with Crippen molar-refractivity contribution in [2.75, 3.05) is 13.1 Å². The van der Waals surface area contributed by atoms with Crippen molar-refractivity contribution < 1.29 is 0 Å². The molecule has 0 aromatic carbocycles. The Labute approximate surface area is 114 Å². The summed E-state index contributed by atoms with van der Waals surface area (Å²) < 4.78 is 0. The second kappa shape index (κ2) is 7.49. The van der Waals surface area contributed by atoms with E-state index in [1.165, 1.54) is 51.5 Å². The van der Waals surface area contributed by atoms with Gasteiger partial charge in [0.25, 0.3) is 0 Å². The molecule has 0 aliphatic heterocycles. The Bertz CT molecular complexity index is 223. The van der Waals surface area contributed by atoms with Crippen molar-refractivity contribution in [2.24, 2.45) is 11.7 Å². The summed E-state index contributed by atoms with van der Waals surface area (Å²) >= 11 is 0. The zero-order chi connectivity index (χ0) is 13.6. The minimum atomic E-state index is 0.235. The molecule has 18 heavy (non-hydrogen) atoms. The molecule has 1 aliphatic rings. The highest BCUT2D eigenvalue weighted by atomic mass is 15.3. The van der Waals surface area contributed by atoms with Gasteiger partial charge in [0.05, 0.1) is 0 Å². The fourth-order valence-corrected chi connectivity index (χ4v) is 2.89. The summed E-state index contributed by atoms with van der Waals surface area (Å²) in [5.41, 5.74) is 6.36. The molecule has 1 unspecified atom stereocenters. The summed E-state index contributed by atoms with van der Waals surface area (Å²) in [5.74, 6) is 0.743. The lowest BCUT2D eigenvalue weighted by Gasteiger charge is -2.42. The minimum absolute atomic E-state index is 0.235. The van der Waals surface area contributed by atoms with E-state index in [0.29, 0.717) is 0 Å². The van der Waals surface area contributed by atoms with Gasteiger partial charge in [0.2, 0.25) is 0 Å². The maximum absolute atomic E-state index is 6.12. The zero-order valence-electron chi connectivity index (χ0n) is 13.0. The van der Waals surface area contributed by atoms with E-state index >= 15 is 0 Å². The number of hydrogen-bond donors (Lipinski definition) is 1. The molecule has 0 bridgehead atoms. The Morgan fingerprint density at radius 2 is 1.89 bits per heavy atom. The van der Waals surface area contributed by atoms with Gasteiger partial charge in [-0.15, -0.1) is 0 Å². The molecule has 2 N–H and O–H groups in total. The van der Waals surface area contributed by atoms with Crippen LogP contribution in [0.3, 0.4) is 0 Å². The van der Waals surface area contributed by atoms with E-state index in [-0.39, 0.29) is 5.54 Å². The quantitative estimate of drug-likeness (QED) is 0.601. The van der Waals surface area contributed by atoms with Crippen molar-refractivity contribution in [3.8, 4) is 0 Å². The third-order valence-corrected chi connectivity index (χ3v) is 4.25.